The Hall–Kier alpha value is -2.22. The molecule has 0 saturated carbocycles. The Morgan fingerprint density at radius 1 is 1.03 bits per heavy atom. The van der Waals surface area contributed by atoms with Gasteiger partial charge in [-0.2, -0.15) is 4.31 Å². The summed E-state index contributed by atoms with van der Waals surface area (Å²) in [6.45, 7) is 5.21. The molecule has 166 valence electrons. The average Bonchev–Trinajstić information content (AvgIpc) is 2.79. The fraction of sp³-hybridized carbons (Fsp3) is 0.458. The third-order valence-corrected chi connectivity index (χ3v) is 8.18. The van der Waals surface area contributed by atoms with E-state index in [4.69, 9.17) is 4.74 Å². The maximum atomic E-state index is 13.1. The number of nitrogens with zero attached hydrogens (tertiary/aromatic N) is 1. The van der Waals surface area contributed by atoms with Crippen molar-refractivity contribution in [2.24, 2.45) is 0 Å². The van der Waals surface area contributed by atoms with Crippen LogP contribution in [0.25, 0.3) is 0 Å². The highest BCUT2D eigenvalue weighted by atomic mass is 32.2. The normalized spacial score (nSPS) is 18.3. The molecule has 1 fully saturated rings. The fourth-order valence-electron chi connectivity index (χ4n) is 4.32. The van der Waals surface area contributed by atoms with Crippen LogP contribution in [0.3, 0.4) is 0 Å². The monoisotopic (exact) mass is 442 g/mol. The molecule has 1 saturated heterocycles. The molecule has 1 aliphatic carbocycles. The third kappa shape index (κ3) is 4.68. The van der Waals surface area contributed by atoms with Gasteiger partial charge in [0.25, 0.3) is 5.91 Å². The predicted octanol–water partition coefficient (Wildman–Crippen LogP) is 3.39. The van der Waals surface area contributed by atoms with Crippen molar-refractivity contribution in [1.82, 2.24) is 9.62 Å². The molecular formula is C24H30N2O4S. The van der Waals surface area contributed by atoms with Crippen molar-refractivity contribution in [3.8, 4) is 0 Å². The summed E-state index contributed by atoms with van der Waals surface area (Å²) in [6.07, 6.45) is 4.66. The molecule has 1 heterocycles. The molecule has 1 amide bonds. The number of aryl methyl sites for hydroxylation is 3. The first kappa shape index (κ1) is 22.0. The van der Waals surface area contributed by atoms with Gasteiger partial charge < -0.3 is 10.1 Å². The van der Waals surface area contributed by atoms with Gasteiger partial charge in [0, 0.05) is 18.7 Å². The van der Waals surface area contributed by atoms with E-state index in [1.165, 1.54) is 34.3 Å². The van der Waals surface area contributed by atoms with Crippen LogP contribution in [0.2, 0.25) is 0 Å². The van der Waals surface area contributed by atoms with Gasteiger partial charge in [-0.25, -0.2) is 8.42 Å². The van der Waals surface area contributed by atoms with Gasteiger partial charge in [-0.1, -0.05) is 24.3 Å². The zero-order valence-corrected chi connectivity index (χ0v) is 19.0. The minimum atomic E-state index is -3.65. The first-order valence-corrected chi connectivity index (χ1v) is 12.4. The molecule has 0 aromatic heterocycles. The molecule has 0 bridgehead atoms. The fourth-order valence-corrected chi connectivity index (χ4v) is 5.76. The second-order valence-corrected chi connectivity index (χ2v) is 10.4. The van der Waals surface area contributed by atoms with E-state index in [0.29, 0.717) is 31.9 Å². The predicted molar refractivity (Wildman–Crippen MR) is 120 cm³/mol. The Kier molecular flexibility index (Phi) is 6.46. The highest BCUT2D eigenvalue weighted by Gasteiger charge is 2.27. The molecule has 1 N–H and O–H groups in total. The lowest BCUT2D eigenvalue weighted by molar-refractivity contribution is 0.0730. The lowest BCUT2D eigenvalue weighted by atomic mass is 9.89. The van der Waals surface area contributed by atoms with Crippen LogP contribution in [0.15, 0.2) is 41.3 Å². The Morgan fingerprint density at radius 3 is 2.48 bits per heavy atom. The maximum absolute atomic E-state index is 13.1. The molecule has 2 aromatic carbocycles. The highest BCUT2D eigenvalue weighted by molar-refractivity contribution is 7.89. The van der Waals surface area contributed by atoms with Gasteiger partial charge in [-0.3, -0.25) is 4.79 Å². The van der Waals surface area contributed by atoms with Crippen LogP contribution in [-0.4, -0.2) is 44.9 Å². The van der Waals surface area contributed by atoms with Gasteiger partial charge in [0.1, 0.15) is 0 Å². The molecular weight excluding hydrogens is 412 g/mol. The number of rotatable bonds is 5. The quantitative estimate of drug-likeness (QED) is 0.770. The van der Waals surface area contributed by atoms with E-state index in [-0.39, 0.29) is 16.8 Å². The van der Waals surface area contributed by atoms with Crippen molar-refractivity contribution in [2.75, 3.05) is 26.3 Å². The molecule has 0 spiro atoms. The Labute approximate surface area is 184 Å². The summed E-state index contributed by atoms with van der Waals surface area (Å²) in [5, 5.41) is 3.05. The first-order valence-electron chi connectivity index (χ1n) is 11.0. The van der Waals surface area contributed by atoms with Crippen molar-refractivity contribution >= 4 is 15.9 Å². The first-order chi connectivity index (χ1) is 14.9. The van der Waals surface area contributed by atoms with Crippen LogP contribution in [0, 0.1) is 6.92 Å². The summed E-state index contributed by atoms with van der Waals surface area (Å²) in [7, 11) is -3.65. The van der Waals surface area contributed by atoms with E-state index in [2.05, 4.69) is 23.5 Å². The zero-order chi connectivity index (χ0) is 22.0. The van der Waals surface area contributed by atoms with Crippen LogP contribution in [0.4, 0.5) is 0 Å². The summed E-state index contributed by atoms with van der Waals surface area (Å²) < 4.78 is 32.7. The average molecular weight is 443 g/mol. The molecule has 31 heavy (non-hydrogen) atoms. The number of amides is 1. The molecule has 1 aliphatic heterocycles. The Bertz CT molecular complexity index is 1070. The van der Waals surface area contributed by atoms with Gasteiger partial charge in [-0.05, 0) is 73.9 Å². The second kappa shape index (κ2) is 9.10. The molecule has 6 nitrogen and oxygen atoms in total. The summed E-state index contributed by atoms with van der Waals surface area (Å²) in [5.41, 5.74) is 4.99. The van der Waals surface area contributed by atoms with Gasteiger partial charge in [0.05, 0.1) is 24.2 Å². The highest BCUT2D eigenvalue weighted by Crippen LogP contribution is 2.26. The van der Waals surface area contributed by atoms with E-state index in [0.717, 1.165) is 24.0 Å². The van der Waals surface area contributed by atoms with E-state index in [9.17, 15) is 13.2 Å². The van der Waals surface area contributed by atoms with Crippen LogP contribution in [0.1, 0.15) is 58.4 Å². The molecule has 2 aromatic rings. The molecule has 1 atom stereocenters. The van der Waals surface area contributed by atoms with E-state index in [1.54, 1.807) is 12.1 Å². The minimum absolute atomic E-state index is 0.145. The lowest BCUT2D eigenvalue weighted by Crippen LogP contribution is -2.40. The van der Waals surface area contributed by atoms with Crippen molar-refractivity contribution in [1.29, 1.82) is 0 Å². The zero-order valence-electron chi connectivity index (χ0n) is 18.2. The number of hydrogen-bond acceptors (Lipinski definition) is 4. The summed E-state index contributed by atoms with van der Waals surface area (Å²) in [6, 6.07) is 11.1. The molecule has 4 rings (SSSR count). The summed E-state index contributed by atoms with van der Waals surface area (Å²) in [4.78, 5) is 13.2. The van der Waals surface area contributed by atoms with Crippen LogP contribution >= 0.6 is 0 Å². The Morgan fingerprint density at radius 2 is 1.74 bits per heavy atom. The van der Waals surface area contributed by atoms with Gasteiger partial charge >= 0.3 is 0 Å². The van der Waals surface area contributed by atoms with Crippen LogP contribution in [-0.2, 0) is 27.6 Å². The van der Waals surface area contributed by atoms with Crippen molar-refractivity contribution in [3.05, 3.63) is 64.2 Å². The molecule has 0 unspecified atom stereocenters. The number of carbonyl (C=O) groups excluding carboxylic acids is 1. The summed E-state index contributed by atoms with van der Waals surface area (Å²) >= 11 is 0. The standard InChI is InChI=1S/C24H30N2O4S/c1-17-7-10-22(31(28,29)26-11-13-30-14-12-26)16-23(17)24(27)25-18(2)20-9-8-19-5-3-4-6-21(19)15-20/h7-10,15-16,18H,3-6,11-14H2,1-2H3,(H,25,27)/t18-/m0/s1. The Balaban J connectivity index is 1.53. The van der Waals surface area contributed by atoms with Gasteiger partial charge in [0.15, 0.2) is 0 Å². The largest absolute Gasteiger partial charge is 0.379 e. The number of fused-ring (bicyclic) bond motifs is 1. The maximum Gasteiger partial charge on any atom is 0.252 e. The van der Waals surface area contributed by atoms with E-state index in [1.807, 2.05) is 13.8 Å². The van der Waals surface area contributed by atoms with Crippen molar-refractivity contribution < 1.29 is 17.9 Å². The van der Waals surface area contributed by atoms with Gasteiger partial charge in [-0.15, -0.1) is 0 Å². The van der Waals surface area contributed by atoms with Crippen LogP contribution < -0.4 is 5.32 Å². The minimum Gasteiger partial charge on any atom is -0.379 e. The number of morpholine rings is 1. The van der Waals surface area contributed by atoms with Crippen molar-refractivity contribution in [2.45, 2.75) is 50.5 Å². The van der Waals surface area contributed by atoms with E-state index < -0.39 is 10.0 Å². The second-order valence-electron chi connectivity index (χ2n) is 8.42. The molecule has 7 heteroatoms. The SMILES string of the molecule is Cc1ccc(S(=O)(=O)N2CCOCC2)cc1C(=O)N[C@@H](C)c1ccc2c(c1)CCCC2. The van der Waals surface area contributed by atoms with E-state index >= 15 is 0 Å². The number of ether oxygens (including phenoxy) is 1. The number of hydrogen-bond donors (Lipinski definition) is 1. The smallest absolute Gasteiger partial charge is 0.252 e. The topological polar surface area (TPSA) is 75.7 Å². The number of benzene rings is 2. The number of nitrogens with one attached hydrogen (secondary N) is 1. The summed E-state index contributed by atoms with van der Waals surface area (Å²) in [5.74, 6) is -0.262. The van der Waals surface area contributed by atoms with Gasteiger partial charge in [0.2, 0.25) is 10.0 Å². The molecule has 0 radical (unpaired) electrons. The van der Waals surface area contributed by atoms with Crippen molar-refractivity contribution in [3.63, 3.8) is 0 Å². The molecule has 2 aliphatic rings. The lowest BCUT2D eigenvalue weighted by Gasteiger charge is -2.26. The third-order valence-electron chi connectivity index (χ3n) is 6.28. The number of sulfonamides is 1. The number of carbonyl (C=O) groups is 1. The van der Waals surface area contributed by atoms with Crippen LogP contribution in [0.5, 0.6) is 0 Å².